The maximum Gasteiger partial charge on any atom is 2.00 e. The van der Waals surface area contributed by atoms with Gasteiger partial charge >= 0.3 is 105 Å². The summed E-state index contributed by atoms with van der Waals surface area (Å²) in [6, 6.07) is 0. The van der Waals surface area contributed by atoms with Gasteiger partial charge in [-0.25, -0.2) is 0 Å². The van der Waals surface area contributed by atoms with Crippen molar-refractivity contribution < 1.29 is 112 Å². The Morgan fingerprint density at radius 1 is 0.421 bits per heavy atom. The van der Waals surface area contributed by atoms with Crippen LogP contribution in [0.5, 0.6) is 0 Å². The summed E-state index contributed by atoms with van der Waals surface area (Å²) in [5, 5.41) is 0. The minimum atomic E-state index is -5.17. The first-order valence-corrected chi connectivity index (χ1v) is 6.00. The van der Waals surface area contributed by atoms with E-state index in [-0.39, 0.29) is 105 Å². The number of rotatable bonds is 0. The average Bonchev–Trinajstić information content (AvgIpc) is 1.41. The average molecular weight is 383 g/mol. The van der Waals surface area contributed by atoms with Gasteiger partial charge in [-0.05, 0) is 0 Å². The minimum absolute atomic E-state index is 0. The normalized spacial score (nSPS) is 9.16. The minimum Gasteiger partial charge on any atom is -0.759 e. The van der Waals surface area contributed by atoms with Crippen LogP contribution in [0, 0.1) is 0 Å². The number of hydrogen-bond acceptors (Lipinski definition) is 12. The van der Waals surface area contributed by atoms with E-state index < -0.39 is 31.2 Å². The van der Waals surface area contributed by atoms with Crippen molar-refractivity contribution in [3.63, 3.8) is 0 Å². The molecule has 0 fully saturated rings. The molecule has 96 valence electrons. The summed E-state index contributed by atoms with van der Waals surface area (Å²) in [6.45, 7) is 0. The number of hydrogen-bond donors (Lipinski definition) is 0. The molecular weight excluding hydrogens is 383 g/mol. The fourth-order valence-electron chi connectivity index (χ4n) is 0. The SMILES string of the molecule is O=S(=O)([O-])[O-].O=S(=O)([O-])[O-].O=S(=O)([O-])[O-].[Mg+2].[Mg+2].[Na+].[Na+]. The molecule has 0 spiro atoms. The maximum absolute atomic E-state index is 8.52. The van der Waals surface area contributed by atoms with Crippen LogP contribution in [0.2, 0.25) is 0 Å². The van der Waals surface area contributed by atoms with Gasteiger partial charge in [-0.3, -0.25) is 25.3 Å². The molecule has 0 aromatic rings. The van der Waals surface area contributed by atoms with E-state index >= 15 is 0 Å². The Morgan fingerprint density at radius 2 is 0.421 bits per heavy atom. The third-order valence-electron chi connectivity index (χ3n) is 0. The van der Waals surface area contributed by atoms with Crippen molar-refractivity contribution in [2.75, 3.05) is 0 Å². The summed E-state index contributed by atoms with van der Waals surface area (Å²) in [5.74, 6) is 0. The molecule has 19 heteroatoms. The van der Waals surface area contributed by atoms with Crippen molar-refractivity contribution in [1.82, 2.24) is 0 Å². The van der Waals surface area contributed by atoms with Crippen molar-refractivity contribution in [3.8, 4) is 0 Å². The van der Waals surface area contributed by atoms with E-state index in [2.05, 4.69) is 0 Å². The zero-order valence-corrected chi connectivity index (χ0v) is 18.8. The first-order chi connectivity index (χ1) is 6.00. The molecule has 0 bridgehead atoms. The second kappa shape index (κ2) is 19.2. The van der Waals surface area contributed by atoms with Gasteiger partial charge in [-0.1, -0.05) is 0 Å². The molecule has 0 aromatic carbocycles. The molecule has 0 saturated carbocycles. The van der Waals surface area contributed by atoms with Crippen LogP contribution in [0.1, 0.15) is 0 Å². The fourth-order valence-corrected chi connectivity index (χ4v) is 0. The van der Waals surface area contributed by atoms with E-state index in [9.17, 15) is 0 Å². The Balaban J connectivity index is -0.0000000206. The van der Waals surface area contributed by atoms with Gasteiger partial charge in [0.1, 0.15) is 0 Å². The van der Waals surface area contributed by atoms with Gasteiger partial charge in [-0.15, -0.1) is 0 Å². The van der Waals surface area contributed by atoms with Crippen molar-refractivity contribution in [2.45, 2.75) is 0 Å². The van der Waals surface area contributed by atoms with Gasteiger partial charge in [0.15, 0.2) is 0 Å². The predicted molar refractivity (Wildman–Crippen MR) is 42.9 cm³/mol. The van der Waals surface area contributed by atoms with Gasteiger partial charge in [-0.2, -0.15) is 0 Å². The van der Waals surface area contributed by atoms with Crippen LogP contribution in [-0.4, -0.2) is 98.7 Å². The van der Waals surface area contributed by atoms with Crippen LogP contribution in [0.15, 0.2) is 0 Å². The smallest absolute Gasteiger partial charge is 0.759 e. The van der Waals surface area contributed by atoms with Crippen molar-refractivity contribution in [2.24, 2.45) is 0 Å². The Hall–Kier alpha value is 3.14. The van der Waals surface area contributed by atoms with Crippen molar-refractivity contribution in [1.29, 1.82) is 0 Å². The molecule has 12 nitrogen and oxygen atoms in total. The van der Waals surface area contributed by atoms with Crippen LogP contribution in [-0.2, 0) is 31.2 Å². The second-order valence-electron chi connectivity index (χ2n) is 1.22. The molecule has 0 N–H and O–H groups in total. The van der Waals surface area contributed by atoms with E-state index in [1.807, 2.05) is 0 Å². The third-order valence-corrected chi connectivity index (χ3v) is 0. The standard InChI is InChI=1S/2Mg.2Na.3H2O4S/c;;;;3*1-5(2,3)4/h;;;;3*(H2,1,2,3,4)/q2*+2;2*+1;;;/p-6. The summed E-state index contributed by atoms with van der Waals surface area (Å²) in [4.78, 5) is 0. The first-order valence-electron chi connectivity index (χ1n) is 2.00. The summed E-state index contributed by atoms with van der Waals surface area (Å²) in [6.07, 6.45) is 0. The molecule has 19 heavy (non-hydrogen) atoms. The molecule has 0 unspecified atom stereocenters. The molecule has 0 rings (SSSR count). The van der Waals surface area contributed by atoms with Crippen molar-refractivity contribution in [3.05, 3.63) is 0 Å². The van der Waals surface area contributed by atoms with E-state index in [0.29, 0.717) is 0 Å². The molecule has 0 aliphatic rings. The largest absolute Gasteiger partial charge is 2.00 e. The zero-order chi connectivity index (χ0) is 13.5. The summed E-state index contributed by atoms with van der Waals surface area (Å²) in [5.41, 5.74) is 0. The third kappa shape index (κ3) is 785. The molecule has 0 aliphatic heterocycles. The topological polar surface area (TPSA) is 241 Å². The van der Waals surface area contributed by atoms with E-state index in [1.165, 1.54) is 0 Å². The quantitative estimate of drug-likeness (QED) is 0.215. The Kier molecular flexibility index (Phi) is 43.6. The molecule has 0 aliphatic carbocycles. The van der Waals surface area contributed by atoms with Crippen LogP contribution in [0.25, 0.3) is 0 Å². The molecule has 0 saturated heterocycles. The first kappa shape index (κ1) is 43.2. The van der Waals surface area contributed by atoms with Gasteiger partial charge < -0.3 is 27.3 Å². The molecular formula is Mg2Na2O12S3. The van der Waals surface area contributed by atoms with E-state index in [1.54, 1.807) is 0 Å². The summed E-state index contributed by atoms with van der Waals surface area (Å²) in [7, 11) is -15.5. The summed E-state index contributed by atoms with van der Waals surface area (Å²) < 4.78 is 102. The summed E-state index contributed by atoms with van der Waals surface area (Å²) >= 11 is 0. The van der Waals surface area contributed by atoms with Crippen molar-refractivity contribution >= 4 is 77.3 Å². The van der Waals surface area contributed by atoms with E-state index in [4.69, 9.17) is 52.6 Å². The zero-order valence-electron chi connectivity index (χ0n) is 9.54. The molecule has 0 atom stereocenters. The molecule has 0 heterocycles. The Morgan fingerprint density at radius 3 is 0.421 bits per heavy atom. The van der Waals surface area contributed by atoms with Crippen LogP contribution in [0.4, 0.5) is 0 Å². The molecule has 0 radical (unpaired) electrons. The Labute approximate surface area is 186 Å². The predicted octanol–water partition coefficient (Wildman–Crippen LogP) is -10.8. The fraction of sp³-hybridized carbons (Fsp3) is 0. The monoisotopic (exact) mass is 382 g/mol. The van der Waals surface area contributed by atoms with Gasteiger partial charge in [0.05, 0.1) is 0 Å². The van der Waals surface area contributed by atoms with Crippen LogP contribution >= 0.6 is 0 Å². The molecule has 0 amide bonds. The maximum atomic E-state index is 8.52. The van der Waals surface area contributed by atoms with E-state index in [0.717, 1.165) is 0 Å². The van der Waals surface area contributed by atoms with Gasteiger partial charge in [0.25, 0.3) is 0 Å². The molecule has 0 aromatic heterocycles. The Bertz CT molecular complexity index is 350. The van der Waals surface area contributed by atoms with Gasteiger partial charge in [0, 0.05) is 31.2 Å². The van der Waals surface area contributed by atoms with Gasteiger partial charge in [0.2, 0.25) is 0 Å². The second-order valence-corrected chi connectivity index (χ2v) is 3.67. The van der Waals surface area contributed by atoms with Crippen LogP contribution in [0.3, 0.4) is 0 Å². The van der Waals surface area contributed by atoms with Crippen LogP contribution < -0.4 is 59.1 Å².